The van der Waals surface area contributed by atoms with Crippen molar-refractivity contribution in [1.82, 2.24) is 0 Å². The van der Waals surface area contributed by atoms with E-state index < -0.39 is 5.41 Å². The molecule has 0 saturated carbocycles. The van der Waals surface area contributed by atoms with Crippen molar-refractivity contribution in [1.29, 1.82) is 0 Å². The van der Waals surface area contributed by atoms with Crippen molar-refractivity contribution in [2.45, 2.75) is 24.7 Å². The van der Waals surface area contributed by atoms with E-state index in [0.717, 1.165) is 17.1 Å². The van der Waals surface area contributed by atoms with E-state index in [1.807, 2.05) is 11.3 Å². The van der Waals surface area contributed by atoms with Gasteiger partial charge in [0.05, 0.1) is 11.1 Å². The van der Waals surface area contributed by atoms with Crippen LogP contribution in [0.15, 0.2) is 224 Å². The summed E-state index contributed by atoms with van der Waals surface area (Å²) in [5.74, 6) is 0. The molecule has 1 unspecified atom stereocenters. The summed E-state index contributed by atoms with van der Waals surface area (Å²) < 4.78 is 2.66. The van der Waals surface area contributed by atoms with Crippen LogP contribution in [-0.4, -0.2) is 0 Å². The van der Waals surface area contributed by atoms with Gasteiger partial charge in [-0.05, 0) is 132 Å². The lowest BCUT2D eigenvalue weighted by Crippen LogP contribution is -2.29. The third-order valence-electron chi connectivity index (χ3n) is 15.1. The number of thiophene rings is 1. The first-order chi connectivity index (χ1) is 32.5. The lowest BCUT2D eigenvalue weighted by molar-refractivity contribution is 0.660. The van der Waals surface area contributed by atoms with Gasteiger partial charge in [-0.2, -0.15) is 0 Å². The fourth-order valence-corrected chi connectivity index (χ4v) is 13.4. The molecule has 3 aliphatic carbocycles. The minimum atomic E-state index is -0.594. The molecular weight excluding hydrogens is 815 g/mol. The van der Waals surface area contributed by atoms with Gasteiger partial charge in [-0.25, -0.2) is 0 Å². The molecule has 0 aliphatic heterocycles. The minimum Gasteiger partial charge on any atom is -0.310 e. The van der Waals surface area contributed by atoms with Crippen LogP contribution < -0.4 is 4.90 Å². The van der Waals surface area contributed by atoms with Gasteiger partial charge in [-0.1, -0.05) is 190 Å². The second kappa shape index (κ2) is 13.9. The zero-order valence-electron chi connectivity index (χ0n) is 36.7. The van der Waals surface area contributed by atoms with Crippen molar-refractivity contribution in [3.63, 3.8) is 0 Å². The van der Waals surface area contributed by atoms with Crippen LogP contribution in [0, 0.1) is 0 Å². The van der Waals surface area contributed by atoms with Crippen molar-refractivity contribution < 1.29 is 0 Å². The summed E-state index contributed by atoms with van der Waals surface area (Å²) in [6, 6.07) is 84.8. The SMILES string of the molecule is CC1(C)c2ccccc2-c2ccc(N(c3ccc4c(c3)-c3ccccc3-c3ccccc3C43c4ccccc4-c4cc5sc6ccccc6c5cc43)c3ccccc3-c3ccccc3)cc21. The van der Waals surface area contributed by atoms with Gasteiger partial charge in [0.2, 0.25) is 0 Å². The van der Waals surface area contributed by atoms with E-state index in [4.69, 9.17) is 0 Å². The Morgan fingerprint density at radius 2 is 0.833 bits per heavy atom. The highest BCUT2D eigenvalue weighted by atomic mass is 32.1. The number of nitrogens with zero attached hydrogens (tertiary/aromatic N) is 1. The topological polar surface area (TPSA) is 3.24 Å². The van der Waals surface area contributed by atoms with Gasteiger partial charge in [0.25, 0.3) is 0 Å². The molecular formula is C64H43NS. The molecule has 14 rings (SSSR count). The number of fused-ring (bicyclic) bond motifs is 18. The Balaban J connectivity index is 1.08. The van der Waals surface area contributed by atoms with Gasteiger partial charge < -0.3 is 4.90 Å². The van der Waals surface area contributed by atoms with E-state index >= 15 is 0 Å². The van der Waals surface area contributed by atoms with Crippen LogP contribution in [0.4, 0.5) is 17.1 Å². The van der Waals surface area contributed by atoms with Crippen molar-refractivity contribution in [3.05, 3.63) is 258 Å². The van der Waals surface area contributed by atoms with Crippen LogP contribution in [-0.2, 0) is 10.8 Å². The Labute approximate surface area is 389 Å². The summed E-state index contributed by atoms with van der Waals surface area (Å²) in [5.41, 5.74) is 23.4. The average Bonchev–Trinajstić information content (AvgIpc) is 3.93. The minimum absolute atomic E-state index is 0.153. The molecule has 0 amide bonds. The highest BCUT2D eigenvalue weighted by molar-refractivity contribution is 7.25. The number of rotatable bonds is 4. The number of benzene rings is 10. The largest absolute Gasteiger partial charge is 0.310 e. The summed E-state index contributed by atoms with van der Waals surface area (Å²) in [5, 5.41) is 2.64. The molecule has 1 heterocycles. The van der Waals surface area contributed by atoms with Gasteiger partial charge in [0, 0.05) is 42.5 Å². The van der Waals surface area contributed by atoms with Gasteiger partial charge in [0.15, 0.2) is 0 Å². The third-order valence-corrected chi connectivity index (χ3v) is 16.2. The fourth-order valence-electron chi connectivity index (χ4n) is 12.2. The van der Waals surface area contributed by atoms with Crippen LogP contribution >= 0.6 is 11.3 Å². The zero-order chi connectivity index (χ0) is 43.7. The fraction of sp³-hybridized carbons (Fsp3) is 0.0625. The number of hydrogen-bond donors (Lipinski definition) is 0. The molecule has 1 spiro atoms. The highest BCUT2D eigenvalue weighted by Crippen LogP contribution is 2.63. The first kappa shape index (κ1) is 37.6. The van der Waals surface area contributed by atoms with Crippen molar-refractivity contribution in [3.8, 4) is 55.6 Å². The highest BCUT2D eigenvalue weighted by Gasteiger charge is 2.50. The second-order valence-electron chi connectivity index (χ2n) is 18.7. The molecule has 0 radical (unpaired) electrons. The molecule has 1 aromatic heterocycles. The molecule has 1 nitrogen and oxygen atoms in total. The Hall–Kier alpha value is -7.78. The third kappa shape index (κ3) is 5.05. The van der Waals surface area contributed by atoms with Crippen molar-refractivity contribution in [2.24, 2.45) is 0 Å². The van der Waals surface area contributed by atoms with E-state index in [-0.39, 0.29) is 5.41 Å². The van der Waals surface area contributed by atoms with E-state index in [2.05, 4.69) is 243 Å². The Kier molecular flexibility index (Phi) is 7.89. The molecule has 0 fully saturated rings. The zero-order valence-corrected chi connectivity index (χ0v) is 37.5. The molecule has 0 N–H and O–H groups in total. The Bertz CT molecular complexity index is 3810. The van der Waals surface area contributed by atoms with Gasteiger partial charge in [-0.3, -0.25) is 0 Å². The predicted octanol–water partition coefficient (Wildman–Crippen LogP) is 17.5. The van der Waals surface area contributed by atoms with Crippen LogP contribution in [0.25, 0.3) is 75.8 Å². The van der Waals surface area contributed by atoms with E-state index in [0.29, 0.717) is 0 Å². The lowest BCUT2D eigenvalue weighted by atomic mass is 9.65. The van der Waals surface area contributed by atoms with E-state index in [9.17, 15) is 0 Å². The molecule has 1 atom stereocenters. The molecule has 0 saturated heterocycles. The summed E-state index contributed by atoms with van der Waals surface area (Å²) in [6.07, 6.45) is 0. The van der Waals surface area contributed by atoms with E-state index in [1.165, 1.54) is 109 Å². The standard InChI is InChI=1S/C64H43NS/c1-63(2)54-27-13-8-24-47(54)49-34-32-42(37-58(49)63)65(60-30-16-11-20-43(60)40-18-4-3-5-19-40)41-33-35-57-51(36-41)45-22-7-6-21-44(45)46-23-9-14-28-55(46)64(57)56-29-15-10-25-48(56)52-39-62-53(38-59(52)64)50-26-12-17-31-61(50)66-62/h3-39H,1-2H3. The second-order valence-corrected chi connectivity index (χ2v) is 19.8. The maximum atomic E-state index is 2.56. The first-order valence-corrected chi connectivity index (χ1v) is 23.9. The van der Waals surface area contributed by atoms with Crippen molar-refractivity contribution in [2.75, 3.05) is 4.90 Å². The maximum absolute atomic E-state index is 2.56. The van der Waals surface area contributed by atoms with E-state index in [1.54, 1.807) is 0 Å². The van der Waals surface area contributed by atoms with Gasteiger partial charge in [-0.15, -0.1) is 11.3 Å². The average molecular weight is 858 g/mol. The van der Waals surface area contributed by atoms with Crippen LogP contribution in [0.2, 0.25) is 0 Å². The first-order valence-electron chi connectivity index (χ1n) is 23.1. The Morgan fingerprint density at radius 3 is 1.59 bits per heavy atom. The molecule has 2 heteroatoms. The summed E-state index contributed by atoms with van der Waals surface area (Å²) >= 11 is 1.90. The monoisotopic (exact) mass is 857 g/mol. The van der Waals surface area contributed by atoms with Gasteiger partial charge >= 0.3 is 0 Å². The quantitative estimate of drug-likeness (QED) is 0.170. The van der Waals surface area contributed by atoms with Gasteiger partial charge in [0.1, 0.15) is 0 Å². The maximum Gasteiger partial charge on any atom is 0.0725 e. The molecule has 11 aromatic rings. The number of anilines is 3. The smallest absolute Gasteiger partial charge is 0.0725 e. The van der Waals surface area contributed by atoms with Crippen LogP contribution in [0.1, 0.15) is 47.2 Å². The predicted molar refractivity (Wildman–Crippen MR) is 279 cm³/mol. The molecule has 3 aliphatic rings. The normalized spacial score (nSPS) is 15.6. The van der Waals surface area contributed by atoms with Crippen molar-refractivity contribution >= 4 is 48.6 Å². The number of para-hydroxylation sites is 1. The lowest BCUT2D eigenvalue weighted by Gasteiger charge is -2.36. The molecule has 66 heavy (non-hydrogen) atoms. The van der Waals surface area contributed by atoms with Crippen LogP contribution in [0.3, 0.4) is 0 Å². The molecule has 0 bridgehead atoms. The molecule has 10 aromatic carbocycles. The summed E-state index contributed by atoms with van der Waals surface area (Å²) in [4.78, 5) is 2.52. The Morgan fingerprint density at radius 1 is 0.318 bits per heavy atom. The molecule has 310 valence electrons. The number of hydrogen-bond acceptors (Lipinski definition) is 2. The van der Waals surface area contributed by atoms with Crippen LogP contribution in [0.5, 0.6) is 0 Å². The summed E-state index contributed by atoms with van der Waals surface area (Å²) in [6.45, 7) is 4.76. The summed E-state index contributed by atoms with van der Waals surface area (Å²) in [7, 11) is 0.